The zero-order valence-electron chi connectivity index (χ0n) is 11.8. The molecule has 7 nitrogen and oxygen atoms in total. The minimum atomic E-state index is -3.77. The van der Waals surface area contributed by atoms with Gasteiger partial charge in [-0.2, -0.15) is 0 Å². The minimum Gasteiger partial charge on any atom is -0.413 e. The van der Waals surface area contributed by atoms with Gasteiger partial charge in [-0.3, -0.25) is 0 Å². The van der Waals surface area contributed by atoms with E-state index in [0.717, 1.165) is 0 Å². The first-order valence-corrected chi connectivity index (χ1v) is 12.5. The van der Waals surface area contributed by atoms with Gasteiger partial charge in [-0.05, 0) is 24.3 Å². The van der Waals surface area contributed by atoms with Crippen LogP contribution in [0.5, 0.6) is 11.5 Å². The molecule has 128 valence electrons. The van der Waals surface area contributed by atoms with E-state index in [4.69, 9.17) is 30.4 Å². The van der Waals surface area contributed by atoms with Crippen molar-refractivity contribution in [2.45, 2.75) is 0 Å². The number of halogens is 2. The van der Waals surface area contributed by atoms with Crippen LogP contribution in [0.3, 0.4) is 0 Å². The van der Waals surface area contributed by atoms with Crippen LogP contribution < -0.4 is 9.05 Å². The average Bonchev–Trinajstić information content (AvgIpc) is 2.45. The van der Waals surface area contributed by atoms with E-state index in [1.54, 1.807) is 60.7 Å². The highest BCUT2D eigenvalue weighted by atomic mass is 35.7. The molecule has 1 aliphatic heterocycles. The molecule has 0 spiro atoms. The van der Waals surface area contributed by atoms with Crippen LogP contribution in [-0.4, -0.2) is 8.42 Å². The molecule has 2 aromatic carbocycles. The smallest absolute Gasteiger partial charge is 0.413 e. The third-order valence-corrected chi connectivity index (χ3v) is 10.3. The minimum absolute atomic E-state index is 0.315. The van der Waals surface area contributed by atoms with Gasteiger partial charge in [0, 0.05) is 21.4 Å². The summed E-state index contributed by atoms with van der Waals surface area (Å²) in [6.45, 7) is 0. The van der Waals surface area contributed by atoms with E-state index in [1.807, 2.05) is 0 Å². The molecule has 0 fully saturated rings. The second-order valence-electron chi connectivity index (χ2n) is 4.40. The van der Waals surface area contributed by atoms with E-state index in [2.05, 4.69) is 12.1 Å². The summed E-state index contributed by atoms with van der Waals surface area (Å²) in [6.07, 6.45) is 0. The van der Waals surface area contributed by atoms with Crippen molar-refractivity contribution in [1.82, 2.24) is 0 Å². The largest absolute Gasteiger partial charge is 0.470 e. The van der Waals surface area contributed by atoms with Crippen LogP contribution in [0.1, 0.15) is 0 Å². The summed E-state index contributed by atoms with van der Waals surface area (Å²) in [5, 5.41) is 0. The predicted octanol–water partition coefficient (Wildman–Crippen LogP) is 5.18. The molecular weight excluding hydrogens is 416 g/mol. The van der Waals surface area contributed by atoms with E-state index in [0.29, 0.717) is 11.5 Å². The summed E-state index contributed by atoms with van der Waals surface area (Å²) in [5.74, 6) is 0.629. The normalized spacial score (nSPS) is 27.9. The molecule has 0 bridgehead atoms. The zero-order valence-corrected chi connectivity index (χ0v) is 15.8. The third kappa shape index (κ3) is 4.43. The molecule has 0 N–H and O–H groups in total. The summed E-state index contributed by atoms with van der Waals surface area (Å²) in [7, 11) is 0.153. The lowest BCUT2D eigenvalue weighted by atomic mass is 10.3. The van der Waals surface area contributed by atoms with Crippen molar-refractivity contribution in [2.24, 2.45) is 12.1 Å². The second kappa shape index (κ2) is 6.57. The zero-order chi connectivity index (χ0) is 17.3. The Bertz CT molecular complexity index is 987. The monoisotopic (exact) mass is 425 g/mol. The number of hydrogen-bond donors (Lipinski definition) is 0. The van der Waals surface area contributed by atoms with E-state index < -0.39 is 25.9 Å². The predicted molar refractivity (Wildman–Crippen MR) is 96.3 cm³/mol. The molecule has 0 aromatic heterocycles. The fraction of sp³-hybridized carbons (Fsp3) is 0. The molecule has 2 atom stereocenters. The van der Waals surface area contributed by atoms with Crippen molar-refractivity contribution in [2.75, 3.05) is 0 Å². The van der Waals surface area contributed by atoms with Crippen LogP contribution in [0.15, 0.2) is 72.7 Å². The topological polar surface area (TPSA) is 89.7 Å². The van der Waals surface area contributed by atoms with E-state index in [9.17, 15) is 8.42 Å². The van der Waals surface area contributed by atoms with Crippen molar-refractivity contribution in [3.05, 3.63) is 60.7 Å². The maximum atomic E-state index is 12.2. The summed E-state index contributed by atoms with van der Waals surface area (Å²) in [6, 6.07) is 16.8. The lowest BCUT2D eigenvalue weighted by Gasteiger charge is -2.22. The van der Waals surface area contributed by atoms with Crippen LogP contribution in [0.2, 0.25) is 0 Å². The SMILES string of the molecule is O=[S@@]1(Cl)=N[S@](=O)(Cl)=NP(Oc2ccccc2)(Oc2ccccc2)=N1. The van der Waals surface area contributed by atoms with Crippen molar-refractivity contribution in [3.63, 3.8) is 0 Å². The molecule has 1 aliphatic rings. The summed E-state index contributed by atoms with van der Waals surface area (Å²) >= 11 is 0. The molecule has 0 unspecified atom stereocenters. The molecule has 0 amide bonds. The summed E-state index contributed by atoms with van der Waals surface area (Å²) < 4.78 is 46.6. The first kappa shape index (κ1) is 17.6. The van der Waals surface area contributed by atoms with Gasteiger partial charge >= 0.3 is 7.66 Å². The van der Waals surface area contributed by atoms with Gasteiger partial charge in [0.1, 0.15) is 11.5 Å². The molecule has 0 radical (unpaired) electrons. The number of hydrogen-bond acceptors (Lipinski definition) is 5. The number of para-hydroxylation sites is 2. The van der Waals surface area contributed by atoms with Gasteiger partial charge in [0.25, 0.3) is 18.3 Å². The van der Waals surface area contributed by atoms with Gasteiger partial charge < -0.3 is 9.05 Å². The van der Waals surface area contributed by atoms with Crippen LogP contribution in [0.4, 0.5) is 0 Å². The van der Waals surface area contributed by atoms with Crippen molar-refractivity contribution < 1.29 is 17.5 Å². The molecule has 2 aromatic rings. The molecule has 12 heteroatoms. The highest BCUT2D eigenvalue weighted by Gasteiger charge is 2.35. The van der Waals surface area contributed by atoms with Gasteiger partial charge in [-0.1, -0.05) is 48.4 Å². The van der Waals surface area contributed by atoms with Gasteiger partial charge in [-0.15, -0.1) is 0 Å². The number of rotatable bonds is 4. The standard InChI is InChI=1S/C12H10Cl2N3O4PS2/c13-23(18)15-22(16-24(14,19)17-23,20-11-7-3-1-4-8-11)21-12-9-5-2-6-10-12/h1-10H/t23-,24+. The van der Waals surface area contributed by atoms with Crippen LogP contribution in [-0.2, 0) is 18.3 Å². The Labute approximate surface area is 148 Å². The van der Waals surface area contributed by atoms with Gasteiger partial charge in [-0.25, -0.2) is 8.42 Å². The summed E-state index contributed by atoms with van der Waals surface area (Å²) in [5.41, 5.74) is 0. The maximum absolute atomic E-state index is 12.2. The fourth-order valence-electron chi connectivity index (χ4n) is 1.74. The second-order valence-corrected chi connectivity index (χ2v) is 11.8. The van der Waals surface area contributed by atoms with Crippen LogP contribution >= 0.6 is 29.0 Å². The fourth-order valence-corrected chi connectivity index (χ4v) is 10.2. The molecule has 24 heavy (non-hydrogen) atoms. The van der Waals surface area contributed by atoms with E-state index >= 15 is 0 Å². The summed E-state index contributed by atoms with van der Waals surface area (Å²) in [4.78, 5) is 0. The Morgan fingerprint density at radius 2 is 1.25 bits per heavy atom. The first-order valence-electron chi connectivity index (χ1n) is 6.37. The maximum Gasteiger partial charge on any atom is 0.470 e. The Kier molecular flexibility index (Phi) is 4.81. The number of benzene rings is 2. The number of nitrogens with zero attached hydrogens (tertiary/aromatic N) is 3. The quantitative estimate of drug-likeness (QED) is 0.498. The lowest BCUT2D eigenvalue weighted by Crippen LogP contribution is -2.06. The van der Waals surface area contributed by atoms with E-state index in [-0.39, 0.29) is 0 Å². The van der Waals surface area contributed by atoms with E-state index in [1.165, 1.54) is 0 Å². The Morgan fingerprint density at radius 3 is 1.67 bits per heavy atom. The third-order valence-electron chi connectivity index (χ3n) is 2.53. The highest BCUT2D eigenvalue weighted by Crippen LogP contribution is 2.58. The molecular formula is C12H10Cl2N3O4PS2. The van der Waals surface area contributed by atoms with Crippen LogP contribution in [0.25, 0.3) is 0 Å². The first-order chi connectivity index (χ1) is 11.3. The molecule has 3 rings (SSSR count). The molecule has 0 aliphatic carbocycles. The van der Waals surface area contributed by atoms with Crippen molar-refractivity contribution in [1.29, 1.82) is 0 Å². The van der Waals surface area contributed by atoms with Gasteiger partial charge in [0.05, 0.1) is 0 Å². The molecule has 0 saturated heterocycles. The van der Waals surface area contributed by atoms with Crippen LogP contribution in [0, 0.1) is 0 Å². The Morgan fingerprint density at radius 1 is 0.792 bits per heavy atom. The average molecular weight is 426 g/mol. The van der Waals surface area contributed by atoms with Crippen molar-refractivity contribution in [3.8, 4) is 11.5 Å². The van der Waals surface area contributed by atoms with Crippen molar-refractivity contribution >= 4 is 47.3 Å². The Balaban J connectivity index is 2.17. The lowest BCUT2D eigenvalue weighted by molar-refractivity contribution is 0.478. The molecule has 1 heterocycles. The Hall–Kier alpha value is -1.25. The van der Waals surface area contributed by atoms with Gasteiger partial charge in [0.15, 0.2) is 0 Å². The highest BCUT2D eigenvalue weighted by molar-refractivity contribution is 8.27. The van der Waals surface area contributed by atoms with Gasteiger partial charge in [0.2, 0.25) is 0 Å². The molecule has 0 saturated carbocycles.